The summed E-state index contributed by atoms with van der Waals surface area (Å²) in [5, 5.41) is 0.928. The Bertz CT molecular complexity index is 1120. The Hall–Kier alpha value is -2.15. The summed E-state index contributed by atoms with van der Waals surface area (Å²) in [7, 11) is 1.65. The van der Waals surface area contributed by atoms with E-state index >= 15 is 0 Å². The Kier molecular flexibility index (Phi) is 5.93. The average Bonchev–Trinajstić information content (AvgIpc) is 2.92. The molecule has 0 N–H and O–H groups in total. The van der Waals surface area contributed by atoms with Crippen molar-refractivity contribution in [1.29, 1.82) is 0 Å². The summed E-state index contributed by atoms with van der Waals surface area (Å²) in [6.45, 7) is 6.30. The molecule has 8 heteroatoms. The molecule has 1 unspecified atom stereocenters. The number of carbonyl (C=O) groups excluding carboxylic acids is 1. The number of aromatic nitrogens is 3. The lowest BCUT2D eigenvalue weighted by atomic mass is 10.1. The number of carbonyl (C=O) groups is 1. The molecule has 0 saturated carbocycles. The molecular weight excluding hydrogens is 401 g/mol. The van der Waals surface area contributed by atoms with E-state index in [9.17, 15) is 9.59 Å². The molecule has 0 aliphatic carbocycles. The Balaban J connectivity index is 1.97. The number of Topliss-reactive ketones (excluding diaryl/α,β-unsaturated/α-hetero) is 1. The van der Waals surface area contributed by atoms with Gasteiger partial charge in [0.1, 0.15) is 0 Å². The molecule has 2 aromatic heterocycles. The van der Waals surface area contributed by atoms with Crippen LogP contribution in [0.4, 0.5) is 0 Å². The third-order valence-electron chi connectivity index (χ3n) is 4.79. The smallest absolute Gasteiger partial charge is 0.261 e. The van der Waals surface area contributed by atoms with E-state index in [-0.39, 0.29) is 29.3 Å². The van der Waals surface area contributed by atoms with Crippen LogP contribution in [-0.2, 0) is 11.3 Å². The van der Waals surface area contributed by atoms with Crippen LogP contribution in [0.2, 0.25) is 10.0 Å². The second kappa shape index (κ2) is 8.07. The Morgan fingerprint density at radius 2 is 1.96 bits per heavy atom. The number of aryl methyl sites for hydroxylation is 1. The highest BCUT2D eigenvalue weighted by Gasteiger charge is 2.20. The Morgan fingerprint density at radius 1 is 1.25 bits per heavy atom. The Labute approximate surface area is 172 Å². The van der Waals surface area contributed by atoms with Gasteiger partial charge in [-0.3, -0.25) is 14.2 Å². The maximum atomic E-state index is 12.9. The number of halogens is 2. The number of benzene rings is 1. The molecule has 0 aliphatic heterocycles. The molecule has 148 valence electrons. The van der Waals surface area contributed by atoms with Crippen molar-refractivity contribution in [2.45, 2.75) is 33.4 Å². The van der Waals surface area contributed by atoms with Crippen molar-refractivity contribution in [3.05, 3.63) is 61.9 Å². The number of ketones is 1. The third-order valence-corrected chi connectivity index (χ3v) is 5.30. The van der Waals surface area contributed by atoms with Gasteiger partial charge in [-0.2, -0.15) is 0 Å². The van der Waals surface area contributed by atoms with Crippen LogP contribution >= 0.6 is 23.2 Å². The van der Waals surface area contributed by atoms with Gasteiger partial charge in [0.15, 0.2) is 5.78 Å². The number of rotatable bonds is 6. The average molecular weight is 422 g/mol. The molecule has 3 aromatic rings. The lowest BCUT2D eigenvalue weighted by Gasteiger charge is -2.17. The molecule has 1 aromatic carbocycles. The first-order valence-corrected chi connectivity index (χ1v) is 9.55. The summed E-state index contributed by atoms with van der Waals surface area (Å²) < 4.78 is 8.58. The van der Waals surface area contributed by atoms with Gasteiger partial charge in [-0.15, -0.1) is 0 Å². The fourth-order valence-electron chi connectivity index (χ4n) is 3.60. The second-order valence-electron chi connectivity index (χ2n) is 6.84. The molecule has 0 bridgehead atoms. The van der Waals surface area contributed by atoms with E-state index in [1.807, 2.05) is 26.8 Å². The summed E-state index contributed by atoms with van der Waals surface area (Å²) in [4.78, 5) is 29.9. The lowest BCUT2D eigenvalue weighted by Crippen LogP contribution is -2.25. The summed E-state index contributed by atoms with van der Waals surface area (Å²) >= 11 is 12.1. The largest absolute Gasteiger partial charge is 0.383 e. The van der Waals surface area contributed by atoms with E-state index in [0.717, 1.165) is 11.4 Å². The lowest BCUT2D eigenvalue weighted by molar-refractivity contribution is 0.0969. The van der Waals surface area contributed by atoms with Crippen LogP contribution in [0.5, 0.6) is 0 Å². The minimum atomic E-state index is -0.357. The van der Waals surface area contributed by atoms with Crippen molar-refractivity contribution in [2.75, 3.05) is 13.7 Å². The van der Waals surface area contributed by atoms with Crippen molar-refractivity contribution in [3.8, 4) is 0 Å². The molecule has 2 heterocycles. The zero-order valence-electron chi connectivity index (χ0n) is 16.1. The van der Waals surface area contributed by atoms with Crippen molar-refractivity contribution in [3.63, 3.8) is 0 Å². The topological polar surface area (TPSA) is 66.1 Å². The number of hydrogen-bond acceptors (Lipinski definition) is 4. The van der Waals surface area contributed by atoms with Gasteiger partial charge in [0.05, 0.1) is 41.4 Å². The van der Waals surface area contributed by atoms with Crippen LogP contribution in [-0.4, -0.2) is 33.6 Å². The summed E-state index contributed by atoms with van der Waals surface area (Å²) in [6, 6.07) is 4.98. The van der Waals surface area contributed by atoms with Gasteiger partial charge >= 0.3 is 0 Å². The van der Waals surface area contributed by atoms with Gasteiger partial charge in [-0.1, -0.05) is 23.2 Å². The highest BCUT2D eigenvalue weighted by atomic mass is 35.5. The highest BCUT2D eigenvalue weighted by Crippen LogP contribution is 2.24. The first-order valence-electron chi connectivity index (χ1n) is 8.79. The first-order chi connectivity index (χ1) is 13.2. The molecule has 28 heavy (non-hydrogen) atoms. The van der Waals surface area contributed by atoms with Crippen molar-refractivity contribution in [1.82, 2.24) is 14.1 Å². The van der Waals surface area contributed by atoms with Crippen LogP contribution < -0.4 is 5.56 Å². The maximum absolute atomic E-state index is 12.9. The number of fused-ring (bicyclic) bond motifs is 1. The molecular formula is C20H21Cl2N3O3. The summed E-state index contributed by atoms with van der Waals surface area (Å²) in [5.74, 6) is -0.166. The Morgan fingerprint density at radius 3 is 2.64 bits per heavy atom. The fraction of sp³-hybridized carbons (Fsp3) is 0.350. The van der Waals surface area contributed by atoms with Gasteiger partial charge in [0.25, 0.3) is 5.56 Å². The van der Waals surface area contributed by atoms with E-state index in [1.165, 1.54) is 23.0 Å². The van der Waals surface area contributed by atoms with Crippen molar-refractivity contribution in [2.24, 2.45) is 0 Å². The predicted octanol–water partition coefficient (Wildman–Crippen LogP) is 4.21. The number of methoxy groups -OCH3 is 1. The molecule has 3 rings (SSSR count). The first kappa shape index (κ1) is 20.6. The highest BCUT2D eigenvalue weighted by molar-refractivity contribution is 6.38. The van der Waals surface area contributed by atoms with E-state index in [0.29, 0.717) is 27.7 Å². The van der Waals surface area contributed by atoms with E-state index in [4.69, 9.17) is 27.9 Å². The molecule has 1 atom stereocenters. The van der Waals surface area contributed by atoms with Crippen molar-refractivity contribution < 1.29 is 9.53 Å². The maximum Gasteiger partial charge on any atom is 0.261 e. The molecule has 6 nitrogen and oxygen atoms in total. The van der Waals surface area contributed by atoms with Gasteiger partial charge < -0.3 is 9.30 Å². The van der Waals surface area contributed by atoms with Gasteiger partial charge in [0, 0.05) is 29.1 Å². The van der Waals surface area contributed by atoms with Crippen molar-refractivity contribution >= 4 is 39.9 Å². The van der Waals surface area contributed by atoms with E-state index in [1.54, 1.807) is 7.11 Å². The fourth-order valence-corrected chi connectivity index (χ4v) is 4.14. The van der Waals surface area contributed by atoms with E-state index < -0.39 is 0 Å². The molecule has 0 fully saturated rings. The minimum Gasteiger partial charge on any atom is -0.383 e. The van der Waals surface area contributed by atoms with Gasteiger partial charge in [-0.05, 0) is 39.0 Å². The quantitative estimate of drug-likeness (QED) is 0.559. The minimum absolute atomic E-state index is 0.0980. The molecule has 0 radical (unpaired) electrons. The monoisotopic (exact) mass is 421 g/mol. The summed E-state index contributed by atoms with van der Waals surface area (Å²) in [5.41, 5.74) is 2.40. The van der Waals surface area contributed by atoms with Gasteiger partial charge in [0.2, 0.25) is 0 Å². The number of ether oxygens (including phenoxy) is 1. The van der Waals surface area contributed by atoms with Crippen LogP contribution in [0.25, 0.3) is 10.9 Å². The molecule has 0 aliphatic rings. The molecule has 0 saturated heterocycles. The predicted molar refractivity (Wildman–Crippen MR) is 111 cm³/mol. The second-order valence-corrected chi connectivity index (χ2v) is 7.69. The zero-order chi connectivity index (χ0) is 20.6. The molecule has 0 amide bonds. The number of nitrogens with zero attached hydrogens (tertiary/aromatic N) is 3. The normalized spacial score (nSPS) is 12.5. The molecule has 0 spiro atoms. The van der Waals surface area contributed by atoms with Crippen LogP contribution in [0.15, 0.2) is 29.3 Å². The standard InChI is InChI=1S/C20H21Cl2N3O3/c1-11-5-15(13(3)25(11)12(2)9-28-4)18(26)8-24-10-23-19-16(20(24)27)6-14(21)7-17(19)22/h5-7,10,12H,8-9H2,1-4H3. The van der Waals surface area contributed by atoms with Crippen LogP contribution in [0.3, 0.4) is 0 Å². The zero-order valence-corrected chi connectivity index (χ0v) is 17.6. The van der Waals surface area contributed by atoms with E-state index in [2.05, 4.69) is 9.55 Å². The third kappa shape index (κ3) is 3.72. The van der Waals surface area contributed by atoms with Crippen LogP contribution in [0.1, 0.15) is 34.7 Å². The van der Waals surface area contributed by atoms with Gasteiger partial charge in [-0.25, -0.2) is 4.98 Å². The number of hydrogen-bond donors (Lipinski definition) is 0. The van der Waals surface area contributed by atoms with Crippen LogP contribution in [0, 0.1) is 13.8 Å². The SMILES string of the molecule is COCC(C)n1c(C)cc(C(=O)Cn2cnc3c(Cl)cc(Cl)cc3c2=O)c1C. The summed E-state index contributed by atoms with van der Waals surface area (Å²) in [6.07, 6.45) is 1.34.